The molecule has 1 fully saturated rings. The number of rotatable bonds is 9. The summed E-state index contributed by atoms with van der Waals surface area (Å²) in [6, 6.07) is 6.74. The summed E-state index contributed by atoms with van der Waals surface area (Å²) in [4.78, 5) is 41.1. The van der Waals surface area contributed by atoms with Gasteiger partial charge in [0.15, 0.2) is 5.69 Å². The highest BCUT2D eigenvalue weighted by molar-refractivity contribution is 7.09. The zero-order chi connectivity index (χ0) is 24.8. The van der Waals surface area contributed by atoms with Crippen LogP contribution in [0.5, 0.6) is 0 Å². The largest absolute Gasteiger partial charge is 0.395 e. The third kappa shape index (κ3) is 5.94. The smallest absolute Gasteiger partial charge is 0.270 e. The van der Waals surface area contributed by atoms with Crippen molar-refractivity contribution < 1.29 is 14.4 Å². The Bertz CT molecular complexity index is 1010. The first-order valence-corrected chi connectivity index (χ1v) is 12.7. The fraction of sp³-hybridized carbons (Fsp3) is 0.520. The predicted octanol–water partition coefficient (Wildman–Crippen LogP) is 3.81. The quantitative estimate of drug-likeness (QED) is 0.497. The number of amides is 3. The molecule has 0 saturated heterocycles. The van der Waals surface area contributed by atoms with Crippen molar-refractivity contribution in [3.05, 3.63) is 46.0 Å². The molecule has 1 aliphatic rings. The average Bonchev–Trinajstić information content (AvgIpc) is 3.19. The topological polar surface area (TPSA) is 131 Å². The molecule has 0 bridgehead atoms. The molecule has 1 aromatic heterocycles. The van der Waals surface area contributed by atoms with Gasteiger partial charge in [-0.1, -0.05) is 62.9 Å². The Labute approximate surface area is 205 Å². The van der Waals surface area contributed by atoms with E-state index in [1.54, 1.807) is 4.90 Å². The molecular weight excluding hydrogens is 450 g/mol. The van der Waals surface area contributed by atoms with Crippen molar-refractivity contribution in [1.82, 2.24) is 14.6 Å². The number of primary amides is 1. The number of aromatic nitrogens is 1. The standard InChI is InChI=1S/C25H35N5O3S/c1-15(2)13-14-28-24(32)21(17-11-9-16(3)10-12-17)30(18-7-5-4-6-8-18)25(33)22-19(26)20(23(27)31)29-34-22/h9-12,15,18,21H,4-8,13-14,26H2,1-3H3,(H2,27,31)(H,28,32)/t21-/m0/s1. The lowest BCUT2D eigenvalue weighted by atomic mass is 9.91. The summed E-state index contributed by atoms with van der Waals surface area (Å²) < 4.78 is 4.02. The van der Waals surface area contributed by atoms with Crippen molar-refractivity contribution in [3.8, 4) is 0 Å². The van der Waals surface area contributed by atoms with Gasteiger partial charge in [-0.25, -0.2) is 0 Å². The predicted molar refractivity (Wildman–Crippen MR) is 134 cm³/mol. The van der Waals surface area contributed by atoms with Gasteiger partial charge in [-0.3, -0.25) is 14.4 Å². The van der Waals surface area contributed by atoms with E-state index in [4.69, 9.17) is 11.5 Å². The van der Waals surface area contributed by atoms with Crippen LogP contribution in [0, 0.1) is 12.8 Å². The van der Waals surface area contributed by atoms with Gasteiger partial charge in [0.2, 0.25) is 5.91 Å². The third-order valence-electron chi connectivity index (χ3n) is 6.30. The molecule has 184 valence electrons. The average molecular weight is 486 g/mol. The summed E-state index contributed by atoms with van der Waals surface area (Å²) in [5, 5.41) is 3.04. The molecular formula is C25H35N5O3S. The Morgan fingerprint density at radius 1 is 1.15 bits per heavy atom. The molecule has 1 saturated carbocycles. The van der Waals surface area contributed by atoms with Crippen LogP contribution in [-0.2, 0) is 4.79 Å². The van der Waals surface area contributed by atoms with Crippen LogP contribution in [0.15, 0.2) is 24.3 Å². The van der Waals surface area contributed by atoms with Crippen LogP contribution in [0.4, 0.5) is 5.69 Å². The van der Waals surface area contributed by atoms with E-state index in [-0.39, 0.29) is 34.1 Å². The minimum Gasteiger partial charge on any atom is -0.395 e. The van der Waals surface area contributed by atoms with E-state index < -0.39 is 11.9 Å². The fourth-order valence-electron chi connectivity index (χ4n) is 4.37. The highest BCUT2D eigenvalue weighted by atomic mass is 32.1. The van der Waals surface area contributed by atoms with Gasteiger partial charge in [0, 0.05) is 12.6 Å². The van der Waals surface area contributed by atoms with E-state index in [9.17, 15) is 14.4 Å². The molecule has 3 rings (SSSR count). The first-order chi connectivity index (χ1) is 16.2. The van der Waals surface area contributed by atoms with Gasteiger partial charge in [-0.15, -0.1) is 0 Å². The minimum absolute atomic E-state index is 0.0221. The number of benzene rings is 1. The maximum Gasteiger partial charge on any atom is 0.270 e. The number of hydrogen-bond donors (Lipinski definition) is 3. The van der Waals surface area contributed by atoms with Crippen LogP contribution >= 0.6 is 11.5 Å². The monoisotopic (exact) mass is 485 g/mol. The molecule has 0 aliphatic heterocycles. The SMILES string of the molecule is Cc1ccc([C@@H](C(=O)NCCC(C)C)N(C(=O)c2snc(C(N)=O)c2N)C2CCCCC2)cc1. The highest BCUT2D eigenvalue weighted by Crippen LogP contribution is 2.35. The molecule has 0 radical (unpaired) electrons. The number of nitrogens with zero attached hydrogens (tertiary/aromatic N) is 2. The number of nitrogen functional groups attached to an aromatic ring is 1. The van der Waals surface area contributed by atoms with Crippen LogP contribution < -0.4 is 16.8 Å². The summed E-state index contributed by atoms with van der Waals surface area (Å²) in [6.45, 7) is 6.71. The minimum atomic E-state index is -0.818. The Balaban J connectivity index is 2.05. The molecule has 9 heteroatoms. The molecule has 2 aromatic rings. The van der Waals surface area contributed by atoms with E-state index in [1.165, 1.54) is 0 Å². The van der Waals surface area contributed by atoms with Crippen molar-refractivity contribution in [2.75, 3.05) is 12.3 Å². The number of nitrogens with two attached hydrogens (primary N) is 2. The van der Waals surface area contributed by atoms with Crippen molar-refractivity contribution in [2.24, 2.45) is 11.7 Å². The third-order valence-corrected chi connectivity index (χ3v) is 7.15. The van der Waals surface area contributed by atoms with Gasteiger partial charge in [0.25, 0.3) is 11.8 Å². The number of hydrogen-bond acceptors (Lipinski definition) is 6. The lowest BCUT2D eigenvalue weighted by Crippen LogP contribution is -2.49. The number of carbonyl (C=O) groups is 3. The molecule has 34 heavy (non-hydrogen) atoms. The zero-order valence-corrected chi connectivity index (χ0v) is 21.0. The van der Waals surface area contributed by atoms with Crippen LogP contribution in [0.1, 0.15) is 89.7 Å². The van der Waals surface area contributed by atoms with Crippen LogP contribution in [0.2, 0.25) is 0 Å². The molecule has 1 heterocycles. The molecule has 8 nitrogen and oxygen atoms in total. The lowest BCUT2D eigenvalue weighted by Gasteiger charge is -2.39. The van der Waals surface area contributed by atoms with E-state index in [1.807, 2.05) is 31.2 Å². The second-order valence-electron chi connectivity index (χ2n) is 9.43. The van der Waals surface area contributed by atoms with E-state index >= 15 is 0 Å². The van der Waals surface area contributed by atoms with Crippen LogP contribution in [0.25, 0.3) is 0 Å². The Kier molecular flexibility index (Phi) is 8.66. The van der Waals surface area contributed by atoms with Gasteiger partial charge in [-0.05, 0) is 49.2 Å². The van der Waals surface area contributed by atoms with Gasteiger partial charge in [-0.2, -0.15) is 4.37 Å². The fourth-order valence-corrected chi connectivity index (χ4v) is 5.12. The molecule has 1 atom stereocenters. The molecule has 1 aromatic carbocycles. The first-order valence-electron chi connectivity index (χ1n) is 11.9. The van der Waals surface area contributed by atoms with Gasteiger partial charge >= 0.3 is 0 Å². The molecule has 3 amide bonds. The number of aryl methyl sites for hydroxylation is 1. The summed E-state index contributed by atoms with van der Waals surface area (Å²) in [5.41, 5.74) is 13.2. The molecule has 0 spiro atoms. The molecule has 1 aliphatic carbocycles. The van der Waals surface area contributed by atoms with E-state index in [0.29, 0.717) is 12.5 Å². The number of nitrogens with one attached hydrogen (secondary N) is 1. The Morgan fingerprint density at radius 3 is 2.35 bits per heavy atom. The van der Waals surface area contributed by atoms with E-state index in [0.717, 1.165) is 61.2 Å². The second-order valence-corrected chi connectivity index (χ2v) is 10.2. The Hall–Kier alpha value is -2.94. The second kappa shape index (κ2) is 11.5. The number of carbonyl (C=O) groups excluding carboxylic acids is 3. The summed E-state index contributed by atoms with van der Waals surface area (Å²) in [6.07, 6.45) is 5.50. The summed E-state index contributed by atoms with van der Waals surface area (Å²) in [5.74, 6) is -0.947. The van der Waals surface area contributed by atoms with Gasteiger partial charge < -0.3 is 21.7 Å². The van der Waals surface area contributed by atoms with Crippen LogP contribution in [0.3, 0.4) is 0 Å². The summed E-state index contributed by atoms with van der Waals surface area (Å²) in [7, 11) is 0. The first kappa shape index (κ1) is 25.7. The van der Waals surface area contributed by atoms with Gasteiger partial charge in [0.1, 0.15) is 10.9 Å². The van der Waals surface area contributed by atoms with Crippen LogP contribution in [-0.4, -0.2) is 39.6 Å². The van der Waals surface area contributed by atoms with Crippen molar-refractivity contribution in [2.45, 2.75) is 71.4 Å². The van der Waals surface area contributed by atoms with Gasteiger partial charge in [0.05, 0.1) is 5.69 Å². The molecule has 5 N–H and O–H groups in total. The normalized spacial score (nSPS) is 15.2. The maximum atomic E-state index is 14.0. The Morgan fingerprint density at radius 2 is 1.79 bits per heavy atom. The van der Waals surface area contributed by atoms with Crippen molar-refractivity contribution >= 4 is 34.9 Å². The summed E-state index contributed by atoms with van der Waals surface area (Å²) >= 11 is 0.855. The lowest BCUT2D eigenvalue weighted by molar-refractivity contribution is -0.127. The molecule has 0 unspecified atom stereocenters. The van der Waals surface area contributed by atoms with Crippen molar-refractivity contribution in [3.63, 3.8) is 0 Å². The van der Waals surface area contributed by atoms with E-state index in [2.05, 4.69) is 23.5 Å². The number of anilines is 1. The zero-order valence-electron chi connectivity index (χ0n) is 20.2. The highest BCUT2D eigenvalue weighted by Gasteiger charge is 2.39. The maximum absolute atomic E-state index is 14.0. The van der Waals surface area contributed by atoms with Crippen molar-refractivity contribution in [1.29, 1.82) is 0 Å².